The monoisotopic (exact) mass is 488 g/mol. The molecule has 0 fully saturated rings. The number of aromatic nitrogens is 2. The minimum atomic E-state index is -4.62. The molecule has 1 aromatic carbocycles. The van der Waals surface area contributed by atoms with Gasteiger partial charge in [0.25, 0.3) is 5.91 Å². The summed E-state index contributed by atoms with van der Waals surface area (Å²) >= 11 is 7.30. The summed E-state index contributed by atoms with van der Waals surface area (Å²) in [6, 6.07) is 7.50. The molecule has 0 saturated heterocycles. The zero-order valence-electron chi connectivity index (χ0n) is 16.5. The van der Waals surface area contributed by atoms with Gasteiger partial charge in [0.05, 0.1) is 12.2 Å². The van der Waals surface area contributed by atoms with Crippen LogP contribution in [0.5, 0.6) is 0 Å². The highest BCUT2D eigenvalue weighted by molar-refractivity contribution is 7.20. The van der Waals surface area contributed by atoms with Crippen LogP contribution in [0.3, 0.4) is 0 Å². The molecule has 3 aromatic rings. The number of urea groups is 1. The summed E-state index contributed by atoms with van der Waals surface area (Å²) in [6.45, 7) is -0.274. The van der Waals surface area contributed by atoms with Crippen molar-refractivity contribution in [2.24, 2.45) is 0 Å². The number of rotatable bonds is 6. The molecule has 13 heteroatoms. The lowest BCUT2D eigenvalue weighted by Crippen LogP contribution is -2.44. The van der Waals surface area contributed by atoms with Crippen molar-refractivity contribution in [2.75, 3.05) is 13.2 Å². The smallest absolute Gasteiger partial charge is 0.405 e. The highest BCUT2D eigenvalue weighted by atomic mass is 35.5. The number of carbonyl (C=O) groups is 3. The summed E-state index contributed by atoms with van der Waals surface area (Å²) in [6.07, 6.45) is -4.62. The maximum Gasteiger partial charge on any atom is 0.405 e. The van der Waals surface area contributed by atoms with Gasteiger partial charge >= 0.3 is 18.2 Å². The Bertz CT molecular complexity index is 1180. The second-order valence-electron chi connectivity index (χ2n) is 6.59. The number of nitrogens with one attached hydrogen (secondary N) is 2. The number of thiophene rings is 1. The Morgan fingerprint density at radius 3 is 2.66 bits per heavy atom. The number of hydrogen-bond acceptors (Lipinski definition) is 6. The molecule has 0 bridgehead atoms. The molecule has 0 saturated carbocycles. The Balaban J connectivity index is 1.62. The molecule has 8 nitrogen and oxygen atoms in total. The van der Waals surface area contributed by atoms with Crippen molar-refractivity contribution in [1.82, 2.24) is 20.4 Å². The Morgan fingerprint density at radius 2 is 1.97 bits per heavy atom. The zero-order valence-corrected chi connectivity index (χ0v) is 18.0. The number of benzene rings is 1. The molecule has 2 heterocycles. The SMILES string of the molecule is Cc1nn(Cc2ccccc2Cl)c2sc(C(=O)OCC(=O)NC(=O)NCC(F)(F)F)cc12. The van der Waals surface area contributed by atoms with Gasteiger partial charge in [-0.15, -0.1) is 11.3 Å². The quantitative estimate of drug-likeness (QED) is 0.516. The predicted molar refractivity (Wildman–Crippen MR) is 111 cm³/mol. The Labute approximate surface area is 188 Å². The molecular formula is C19H16ClF3N4O4S. The number of fused-ring (bicyclic) bond motifs is 1. The van der Waals surface area contributed by atoms with Crippen LogP contribution in [-0.2, 0) is 16.1 Å². The second kappa shape index (κ2) is 9.57. The number of carbonyl (C=O) groups excluding carboxylic acids is 3. The first-order valence-corrected chi connectivity index (χ1v) is 10.2. The van der Waals surface area contributed by atoms with Crippen molar-refractivity contribution >= 4 is 51.1 Å². The van der Waals surface area contributed by atoms with Gasteiger partial charge < -0.3 is 10.1 Å². The summed E-state index contributed by atoms with van der Waals surface area (Å²) < 4.78 is 42.7. The molecule has 2 aromatic heterocycles. The number of esters is 1. The number of nitrogens with zero attached hydrogens (tertiary/aromatic N) is 2. The van der Waals surface area contributed by atoms with E-state index < -0.39 is 37.2 Å². The van der Waals surface area contributed by atoms with E-state index in [4.69, 9.17) is 16.3 Å². The second-order valence-corrected chi connectivity index (χ2v) is 8.02. The molecule has 0 spiro atoms. The minimum Gasteiger partial charge on any atom is -0.451 e. The van der Waals surface area contributed by atoms with Crippen LogP contribution >= 0.6 is 22.9 Å². The normalized spacial score (nSPS) is 11.4. The van der Waals surface area contributed by atoms with E-state index in [1.54, 1.807) is 29.1 Å². The van der Waals surface area contributed by atoms with Crippen molar-refractivity contribution in [3.63, 3.8) is 0 Å². The van der Waals surface area contributed by atoms with Gasteiger partial charge in [-0.05, 0) is 24.6 Å². The van der Waals surface area contributed by atoms with Crippen molar-refractivity contribution in [3.8, 4) is 0 Å². The molecule has 0 aliphatic heterocycles. The van der Waals surface area contributed by atoms with E-state index in [0.717, 1.165) is 22.3 Å². The first-order chi connectivity index (χ1) is 15.0. The van der Waals surface area contributed by atoms with Crippen LogP contribution in [-0.4, -0.2) is 47.0 Å². The Kier molecular flexibility index (Phi) is 7.04. The minimum absolute atomic E-state index is 0.197. The number of amides is 3. The van der Waals surface area contributed by atoms with Crippen LogP contribution in [0.15, 0.2) is 30.3 Å². The van der Waals surface area contributed by atoms with E-state index in [0.29, 0.717) is 22.1 Å². The van der Waals surface area contributed by atoms with Crippen LogP contribution in [0.4, 0.5) is 18.0 Å². The molecular weight excluding hydrogens is 473 g/mol. The van der Waals surface area contributed by atoms with Gasteiger partial charge in [-0.1, -0.05) is 29.8 Å². The standard InChI is InChI=1S/C19H16ClF3N4O4S/c1-10-12-6-14(17(29)31-8-15(28)25-18(30)24-9-19(21,22)23)32-16(12)27(26-10)7-11-4-2-3-5-13(11)20/h2-6H,7-9H2,1H3,(H2,24,25,28,30). The predicted octanol–water partition coefficient (Wildman–Crippen LogP) is 3.65. The average Bonchev–Trinajstić information content (AvgIpc) is 3.27. The molecule has 0 aliphatic carbocycles. The number of aryl methyl sites for hydroxylation is 1. The topological polar surface area (TPSA) is 102 Å². The largest absolute Gasteiger partial charge is 0.451 e. The van der Waals surface area contributed by atoms with E-state index >= 15 is 0 Å². The maximum absolute atomic E-state index is 12.3. The van der Waals surface area contributed by atoms with E-state index in [1.165, 1.54) is 5.32 Å². The summed E-state index contributed by atoms with van der Waals surface area (Å²) in [4.78, 5) is 36.1. The van der Waals surface area contributed by atoms with Crippen LogP contribution < -0.4 is 10.6 Å². The van der Waals surface area contributed by atoms with Crippen LogP contribution in [0.1, 0.15) is 20.9 Å². The van der Waals surface area contributed by atoms with Crippen molar-refractivity contribution in [2.45, 2.75) is 19.6 Å². The maximum atomic E-state index is 12.3. The Morgan fingerprint density at radius 1 is 1.25 bits per heavy atom. The van der Waals surface area contributed by atoms with Gasteiger partial charge in [0.15, 0.2) is 6.61 Å². The van der Waals surface area contributed by atoms with Crippen LogP contribution in [0.25, 0.3) is 10.2 Å². The van der Waals surface area contributed by atoms with E-state index in [-0.39, 0.29) is 4.88 Å². The summed E-state index contributed by atoms with van der Waals surface area (Å²) in [5, 5.41) is 8.87. The molecule has 0 radical (unpaired) electrons. The molecule has 0 unspecified atom stereocenters. The van der Waals surface area contributed by atoms with Gasteiger partial charge in [-0.3, -0.25) is 14.8 Å². The molecule has 2 N–H and O–H groups in total. The third-order valence-corrected chi connectivity index (χ3v) is 5.62. The summed E-state index contributed by atoms with van der Waals surface area (Å²) in [5.74, 6) is -1.89. The fourth-order valence-corrected chi connectivity index (χ4v) is 3.95. The fourth-order valence-electron chi connectivity index (χ4n) is 2.70. The average molecular weight is 489 g/mol. The molecule has 0 atom stereocenters. The van der Waals surface area contributed by atoms with Gasteiger partial charge in [0.1, 0.15) is 16.3 Å². The number of hydrogen-bond donors (Lipinski definition) is 2. The summed E-state index contributed by atoms with van der Waals surface area (Å²) in [7, 11) is 0. The van der Waals surface area contributed by atoms with Crippen molar-refractivity contribution in [1.29, 1.82) is 0 Å². The van der Waals surface area contributed by atoms with Gasteiger partial charge in [-0.2, -0.15) is 18.3 Å². The molecule has 170 valence electrons. The van der Waals surface area contributed by atoms with Crippen LogP contribution in [0, 0.1) is 6.92 Å². The first kappa shape index (κ1) is 23.5. The number of ether oxygens (including phenoxy) is 1. The van der Waals surface area contributed by atoms with Gasteiger partial charge in [0, 0.05) is 10.4 Å². The van der Waals surface area contributed by atoms with Gasteiger partial charge in [0.2, 0.25) is 0 Å². The van der Waals surface area contributed by atoms with Crippen molar-refractivity contribution < 1.29 is 32.3 Å². The number of halogens is 4. The molecule has 3 rings (SSSR count). The fraction of sp³-hybridized carbons (Fsp3) is 0.263. The first-order valence-electron chi connectivity index (χ1n) is 9.05. The van der Waals surface area contributed by atoms with Crippen LogP contribution in [0.2, 0.25) is 5.02 Å². The van der Waals surface area contributed by atoms with Crippen molar-refractivity contribution in [3.05, 3.63) is 51.5 Å². The zero-order chi connectivity index (χ0) is 23.5. The van der Waals surface area contributed by atoms with E-state index in [9.17, 15) is 27.6 Å². The van der Waals surface area contributed by atoms with E-state index in [2.05, 4.69) is 5.10 Å². The summed E-state index contributed by atoms with van der Waals surface area (Å²) in [5.41, 5.74) is 1.53. The highest BCUT2D eigenvalue weighted by Gasteiger charge is 2.28. The third kappa shape index (κ3) is 5.98. The lowest BCUT2D eigenvalue weighted by atomic mass is 10.2. The Hall–Kier alpha value is -3.12. The number of imide groups is 1. The number of alkyl halides is 3. The lowest BCUT2D eigenvalue weighted by molar-refractivity contribution is -0.125. The van der Waals surface area contributed by atoms with E-state index in [1.807, 2.05) is 18.2 Å². The third-order valence-electron chi connectivity index (χ3n) is 4.12. The lowest BCUT2D eigenvalue weighted by Gasteiger charge is -2.09. The molecule has 0 aliphatic rings. The highest BCUT2D eigenvalue weighted by Crippen LogP contribution is 2.30. The molecule has 3 amide bonds. The molecule has 32 heavy (non-hydrogen) atoms. The van der Waals surface area contributed by atoms with Gasteiger partial charge in [-0.25, -0.2) is 9.59 Å².